The number of rotatable bonds is 5. The molecule has 2 fully saturated rings. The Bertz CT molecular complexity index is 219. The van der Waals surface area contributed by atoms with Crippen molar-refractivity contribution in [2.75, 3.05) is 37.7 Å². The number of hydrogen-bond acceptors (Lipinski definition) is 4. The van der Waals surface area contributed by atoms with Crippen molar-refractivity contribution in [1.82, 2.24) is 8.61 Å². The minimum absolute atomic E-state index is 0.798. The molecule has 0 amide bonds. The van der Waals surface area contributed by atoms with Crippen LogP contribution in [0.2, 0.25) is 0 Å². The first-order valence-electron chi connectivity index (χ1n) is 5.74. The fraction of sp³-hybridized carbons (Fsp3) is 0.800. The average Bonchev–Trinajstić information content (AvgIpc) is 2.96. The lowest BCUT2D eigenvalue weighted by Gasteiger charge is -2.07. The lowest BCUT2D eigenvalue weighted by atomic mass is 10.5. The van der Waals surface area contributed by atoms with Crippen molar-refractivity contribution in [2.24, 2.45) is 9.98 Å². The van der Waals surface area contributed by atoms with E-state index >= 15 is 0 Å². The Balaban J connectivity index is 1.53. The van der Waals surface area contributed by atoms with E-state index in [0.717, 1.165) is 26.2 Å². The van der Waals surface area contributed by atoms with Gasteiger partial charge in [-0.3, -0.25) is 9.98 Å². The van der Waals surface area contributed by atoms with Gasteiger partial charge in [-0.1, -0.05) is 0 Å². The van der Waals surface area contributed by atoms with Gasteiger partial charge in [0.1, 0.15) is 0 Å². The van der Waals surface area contributed by atoms with E-state index in [9.17, 15) is 0 Å². The van der Waals surface area contributed by atoms with Gasteiger partial charge in [0, 0.05) is 24.6 Å². The molecule has 0 spiro atoms. The van der Waals surface area contributed by atoms with Gasteiger partial charge in [0.25, 0.3) is 0 Å². The van der Waals surface area contributed by atoms with Crippen LogP contribution >= 0.6 is 23.9 Å². The van der Waals surface area contributed by atoms with E-state index in [2.05, 4.69) is 18.6 Å². The number of nitrogens with zero attached hydrogens (tertiary/aromatic N) is 4. The average molecular weight is 258 g/mol. The van der Waals surface area contributed by atoms with E-state index in [-0.39, 0.29) is 0 Å². The zero-order valence-corrected chi connectivity index (χ0v) is 11.0. The molecule has 6 heteroatoms. The summed E-state index contributed by atoms with van der Waals surface area (Å²) in [5.74, 6) is 2.46. The number of aliphatic imine (C=N–C) groups is 2. The van der Waals surface area contributed by atoms with Crippen LogP contribution in [-0.2, 0) is 0 Å². The third-order valence-electron chi connectivity index (χ3n) is 2.34. The summed E-state index contributed by atoms with van der Waals surface area (Å²) in [5, 5.41) is 0. The van der Waals surface area contributed by atoms with E-state index in [4.69, 9.17) is 0 Å². The van der Waals surface area contributed by atoms with Crippen molar-refractivity contribution in [3.8, 4) is 0 Å². The molecule has 0 bridgehead atoms. The summed E-state index contributed by atoms with van der Waals surface area (Å²) in [4.78, 5) is 8.72. The van der Waals surface area contributed by atoms with Crippen LogP contribution in [-0.4, -0.2) is 59.0 Å². The first-order chi connectivity index (χ1) is 7.95. The molecule has 0 aromatic carbocycles. The number of hydrogen-bond donors (Lipinski definition) is 0. The van der Waals surface area contributed by atoms with Crippen LogP contribution in [0.1, 0.15) is 12.8 Å². The molecule has 90 valence electrons. The maximum absolute atomic E-state index is 4.36. The highest BCUT2D eigenvalue weighted by Gasteiger charge is 2.08. The summed E-state index contributed by atoms with van der Waals surface area (Å²) >= 11 is 3.72. The molecule has 2 saturated heterocycles. The van der Waals surface area contributed by atoms with Crippen molar-refractivity contribution in [2.45, 2.75) is 12.8 Å². The van der Waals surface area contributed by atoms with Gasteiger partial charge >= 0.3 is 0 Å². The van der Waals surface area contributed by atoms with Crippen molar-refractivity contribution in [3.63, 3.8) is 0 Å². The van der Waals surface area contributed by atoms with Crippen LogP contribution in [0.15, 0.2) is 9.98 Å². The van der Waals surface area contributed by atoms with E-state index in [0.29, 0.717) is 0 Å². The first kappa shape index (κ1) is 12.1. The van der Waals surface area contributed by atoms with Crippen LogP contribution in [0, 0.1) is 0 Å². The van der Waals surface area contributed by atoms with Crippen molar-refractivity contribution < 1.29 is 0 Å². The fourth-order valence-electron chi connectivity index (χ4n) is 1.53. The Hall–Kier alpha value is -0.360. The highest BCUT2D eigenvalue weighted by atomic mass is 32.2. The summed E-state index contributed by atoms with van der Waals surface area (Å²) in [6.07, 6.45) is 6.47. The molecule has 0 aromatic heterocycles. The monoisotopic (exact) mass is 258 g/mol. The predicted octanol–water partition coefficient (Wildman–Crippen LogP) is 1.75. The predicted molar refractivity (Wildman–Crippen MR) is 74.3 cm³/mol. The van der Waals surface area contributed by atoms with Crippen LogP contribution < -0.4 is 0 Å². The Morgan fingerprint density at radius 1 is 0.875 bits per heavy atom. The molecule has 2 aliphatic heterocycles. The van der Waals surface area contributed by atoms with E-state index in [1.807, 2.05) is 36.6 Å². The molecule has 0 atom stereocenters. The topological polar surface area (TPSA) is 31.2 Å². The minimum atomic E-state index is 0.798. The largest absolute Gasteiger partial charge is 0.307 e. The summed E-state index contributed by atoms with van der Waals surface area (Å²) in [6, 6.07) is 0. The maximum atomic E-state index is 4.36. The summed E-state index contributed by atoms with van der Waals surface area (Å²) in [6.45, 7) is 3.88. The SMILES string of the molecule is C(=NCCN=CN1CCCS1)N1CCCS1. The van der Waals surface area contributed by atoms with Gasteiger partial charge in [-0.2, -0.15) is 0 Å². The molecule has 0 aliphatic carbocycles. The highest BCUT2D eigenvalue weighted by molar-refractivity contribution is 7.97. The fourth-order valence-corrected chi connectivity index (χ4v) is 3.30. The zero-order chi connectivity index (χ0) is 11.1. The van der Waals surface area contributed by atoms with Crippen LogP contribution in [0.4, 0.5) is 0 Å². The molecule has 0 N–H and O–H groups in total. The Kier molecular flexibility index (Phi) is 5.34. The molecule has 4 nitrogen and oxygen atoms in total. The van der Waals surface area contributed by atoms with Gasteiger partial charge in [0.05, 0.1) is 25.8 Å². The zero-order valence-electron chi connectivity index (χ0n) is 9.42. The lowest BCUT2D eigenvalue weighted by molar-refractivity contribution is 0.705. The van der Waals surface area contributed by atoms with Crippen LogP contribution in [0.3, 0.4) is 0 Å². The van der Waals surface area contributed by atoms with Gasteiger partial charge in [-0.25, -0.2) is 0 Å². The second-order valence-electron chi connectivity index (χ2n) is 3.70. The Morgan fingerprint density at radius 3 is 1.75 bits per heavy atom. The molecule has 2 rings (SSSR count). The van der Waals surface area contributed by atoms with E-state index in [1.165, 1.54) is 24.3 Å². The molecular formula is C10H18N4S2. The lowest BCUT2D eigenvalue weighted by Crippen LogP contribution is -2.10. The Labute approximate surface area is 106 Å². The second kappa shape index (κ2) is 7.06. The molecule has 0 saturated carbocycles. The summed E-state index contributed by atoms with van der Waals surface area (Å²) < 4.78 is 4.42. The van der Waals surface area contributed by atoms with Gasteiger partial charge in [-0.15, -0.1) is 0 Å². The van der Waals surface area contributed by atoms with E-state index in [1.54, 1.807) is 0 Å². The van der Waals surface area contributed by atoms with Crippen molar-refractivity contribution in [1.29, 1.82) is 0 Å². The van der Waals surface area contributed by atoms with Crippen molar-refractivity contribution in [3.05, 3.63) is 0 Å². The van der Waals surface area contributed by atoms with Gasteiger partial charge < -0.3 is 8.61 Å². The van der Waals surface area contributed by atoms with Gasteiger partial charge in [0.15, 0.2) is 0 Å². The Morgan fingerprint density at radius 2 is 1.38 bits per heavy atom. The third kappa shape index (κ3) is 4.25. The molecule has 0 unspecified atom stereocenters. The minimum Gasteiger partial charge on any atom is -0.307 e. The molecule has 2 aliphatic rings. The van der Waals surface area contributed by atoms with Gasteiger partial charge in [0.2, 0.25) is 0 Å². The maximum Gasteiger partial charge on any atom is 0.0950 e. The van der Waals surface area contributed by atoms with Crippen molar-refractivity contribution >= 4 is 36.6 Å². The molecule has 0 radical (unpaired) electrons. The molecular weight excluding hydrogens is 240 g/mol. The first-order valence-corrected chi connectivity index (χ1v) is 7.63. The van der Waals surface area contributed by atoms with Crippen LogP contribution in [0.25, 0.3) is 0 Å². The summed E-state index contributed by atoms with van der Waals surface area (Å²) in [5.41, 5.74) is 0. The molecule has 0 aromatic rings. The molecule has 16 heavy (non-hydrogen) atoms. The smallest absolute Gasteiger partial charge is 0.0950 e. The van der Waals surface area contributed by atoms with Crippen LogP contribution in [0.5, 0.6) is 0 Å². The standard InChI is InChI=1S/C10H18N4S2/c1-5-13(15-7-1)9-11-3-4-12-10-14-6-2-8-16-14/h9-10H,1-8H2. The molecule has 2 heterocycles. The van der Waals surface area contributed by atoms with E-state index < -0.39 is 0 Å². The third-order valence-corrected chi connectivity index (χ3v) is 4.50. The second-order valence-corrected chi connectivity index (χ2v) is 5.97. The summed E-state index contributed by atoms with van der Waals surface area (Å²) in [7, 11) is 0. The van der Waals surface area contributed by atoms with Gasteiger partial charge in [-0.05, 0) is 36.7 Å². The normalized spacial score (nSPS) is 22.0. The quantitative estimate of drug-likeness (QED) is 0.325. The highest BCUT2D eigenvalue weighted by Crippen LogP contribution is 2.17.